The number of rotatable bonds is 6. The molecule has 0 aromatic heterocycles. The van der Waals surface area contributed by atoms with Gasteiger partial charge >= 0.3 is 5.91 Å². The molecule has 0 spiro atoms. The van der Waals surface area contributed by atoms with Crippen LogP contribution >= 0.6 is 0 Å². The van der Waals surface area contributed by atoms with Gasteiger partial charge in [0.1, 0.15) is 0 Å². The summed E-state index contributed by atoms with van der Waals surface area (Å²) in [6.45, 7) is 4.03. The van der Waals surface area contributed by atoms with E-state index in [0.717, 1.165) is 19.3 Å². The number of hydrogen-bond acceptors (Lipinski definition) is 3. The highest BCUT2D eigenvalue weighted by atomic mass is 16.8. The van der Waals surface area contributed by atoms with E-state index in [1.54, 1.807) is 6.92 Å². The molecular weight excluding hydrogens is 158 g/mol. The summed E-state index contributed by atoms with van der Waals surface area (Å²) in [6, 6.07) is 0. The second-order valence-electron chi connectivity index (χ2n) is 2.54. The van der Waals surface area contributed by atoms with Crippen molar-refractivity contribution in [3.8, 4) is 0 Å². The number of nitrogens with zero attached hydrogens (tertiary/aromatic N) is 1. The summed E-state index contributed by atoms with van der Waals surface area (Å²) < 4.78 is 0. The van der Waals surface area contributed by atoms with Gasteiger partial charge in [0.15, 0.2) is 6.61 Å². The van der Waals surface area contributed by atoms with Crippen LogP contribution in [0.15, 0.2) is 0 Å². The highest BCUT2D eigenvalue weighted by Gasteiger charge is 2.21. The van der Waals surface area contributed by atoms with Gasteiger partial charge in [-0.2, -0.15) is 0 Å². The van der Waals surface area contributed by atoms with Gasteiger partial charge in [-0.25, -0.2) is 9.63 Å². The monoisotopic (exact) mass is 174 g/mol. The molecule has 0 aliphatic heterocycles. The molecule has 0 N–H and O–H groups in total. The third-order valence-electron chi connectivity index (χ3n) is 1.46. The number of unbranched alkanes of at least 4 members (excludes halogenated alkanes) is 2. The van der Waals surface area contributed by atoms with Crippen LogP contribution in [0.2, 0.25) is 0 Å². The maximum atomic E-state index is 10.7. The molecule has 1 amide bonds. The normalized spacial score (nSPS) is 9.50. The lowest BCUT2D eigenvalue weighted by atomic mass is 10.3. The topological polar surface area (TPSA) is 46.4 Å². The molecule has 0 atom stereocenters. The first-order valence-electron chi connectivity index (χ1n) is 4.35. The molecule has 4 nitrogen and oxygen atoms in total. The van der Waals surface area contributed by atoms with Crippen molar-refractivity contribution in [2.24, 2.45) is 0 Å². The molecule has 0 rings (SSSR count). The van der Waals surface area contributed by atoms with E-state index in [1.807, 2.05) is 0 Å². The standard InChI is InChI=1S/C8H16NO3/c1-3-5-6-7-12-9(11)8(10)4-2/h3-7H2,1-2H3/q+1. The van der Waals surface area contributed by atoms with Gasteiger partial charge in [0.05, 0.1) is 11.3 Å². The molecule has 0 aliphatic carbocycles. The Kier molecular flexibility index (Phi) is 6.24. The van der Waals surface area contributed by atoms with Gasteiger partial charge in [0.2, 0.25) is 0 Å². The van der Waals surface area contributed by atoms with Gasteiger partial charge in [-0.05, 0) is 6.42 Å². The molecular formula is C8H16NO3+. The molecule has 0 unspecified atom stereocenters. The Morgan fingerprint density at radius 2 is 2.00 bits per heavy atom. The third-order valence-corrected chi connectivity index (χ3v) is 1.46. The minimum Gasteiger partial charge on any atom is -0.224 e. The van der Waals surface area contributed by atoms with Crippen LogP contribution in [-0.2, 0) is 9.63 Å². The van der Waals surface area contributed by atoms with Gasteiger partial charge < -0.3 is 0 Å². The lowest BCUT2D eigenvalue weighted by Gasteiger charge is -1.92. The minimum atomic E-state index is -0.522. The van der Waals surface area contributed by atoms with E-state index in [9.17, 15) is 9.70 Å². The summed E-state index contributed by atoms with van der Waals surface area (Å²) in [4.78, 5) is 26.1. The van der Waals surface area contributed by atoms with Crippen LogP contribution in [-0.4, -0.2) is 17.4 Å². The zero-order valence-electron chi connectivity index (χ0n) is 7.71. The third kappa shape index (κ3) is 4.82. The minimum absolute atomic E-state index is 0.0790. The Morgan fingerprint density at radius 1 is 1.33 bits per heavy atom. The Hall–Kier alpha value is -0.930. The van der Waals surface area contributed by atoms with Crippen molar-refractivity contribution in [2.75, 3.05) is 6.61 Å². The van der Waals surface area contributed by atoms with Crippen molar-refractivity contribution in [3.05, 3.63) is 4.91 Å². The summed E-state index contributed by atoms with van der Waals surface area (Å²) in [5, 5.41) is 0. The van der Waals surface area contributed by atoms with Crippen LogP contribution in [0.5, 0.6) is 0 Å². The Morgan fingerprint density at radius 3 is 2.50 bits per heavy atom. The lowest BCUT2D eigenvalue weighted by molar-refractivity contribution is -0.737. The first kappa shape index (κ1) is 11.1. The second kappa shape index (κ2) is 6.76. The first-order valence-corrected chi connectivity index (χ1v) is 4.35. The Balaban J connectivity index is 3.38. The zero-order chi connectivity index (χ0) is 9.40. The van der Waals surface area contributed by atoms with Crippen LogP contribution in [0.3, 0.4) is 0 Å². The molecule has 0 saturated heterocycles. The van der Waals surface area contributed by atoms with Crippen molar-refractivity contribution in [3.63, 3.8) is 0 Å². The average Bonchev–Trinajstić information content (AvgIpc) is 2.10. The van der Waals surface area contributed by atoms with Crippen LogP contribution in [0, 0.1) is 4.91 Å². The molecule has 0 saturated carbocycles. The van der Waals surface area contributed by atoms with Gasteiger partial charge in [0, 0.05) is 0 Å². The van der Waals surface area contributed by atoms with Crippen LogP contribution < -0.4 is 0 Å². The molecule has 0 aromatic rings. The smallest absolute Gasteiger partial charge is 0.224 e. The Bertz CT molecular complexity index is 156. The van der Waals surface area contributed by atoms with Gasteiger partial charge in [0.25, 0.3) is 4.92 Å². The summed E-state index contributed by atoms with van der Waals surface area (Å²) >= 11 is 0. The fourth-order valence-corrected chi connectivity index (χ4v) is 0.701. The molecule has 12 heavy (non-hydrogen) atoms. The van der Waals surface area contributed by atoms with Crippen LogP contribution in [0.1, 0.15) is 39.5 Å². The highest BCUT2D eigenvalue weighted by Crippen LogP contribution is 1.95. The van der Waals surface area contributed by atoms with Gasteiger partial charge in [-0.3, -0.25) is 0 Å². The molecule has 0 heterocycles. The van der Waals surface area contributed by atoms with E-state index < -0.39 is 5.91 Å². The summed E-state index contributed by atoms with van der Waals surface area (Å²) in [6.07, 6.45) is 3.11. The van der Waals surface area contributed by atoms with Gasteiger partial charge in [-0.1, -0.05) is 26.7 Å². The van der Waals surface area contributed by atoms with Crippen molar-refractivity contribution in [1.29, 1.82) is 0 Å². The lowest BCUT2D eigenvalue weighted by Crippen LogP contribution is -2.17. The molecule has 0 aliphatic rings. The Labute approximate surface area is 72.4 Å². The van der Waals surface area contributed by atoms with Gasteiger partial charge in [-0.15, -0.1) is 0 Å². The summed E-state index contributed by atoms with van der Waals surface area (Å²) in [5.41, 5.74) is 0. The average molecular weight is 174 g/mol. The van der Waals surface area contributed by atoms with Crippen LogP contribution in [0.25, 0.3) is 0 Å². The van der Waals surface area contributed by atoms with E-state index in [1.165, 1.54) is 0 Å². The van der Waals surface area contributed by atoms with Crippen molar-refractivity contribution in [2.45, 2.75) is 39.5 Å². The number of carbonyl (C=O) groups is 1. The van der Waals surface area contributed by atoms with E-state index in [0.29, 0.717) is 6.61 Å². The molecule has 4 heteroatoms. The molecule has 0 aromatic carbocycles. The summed E-state index contributed by atoms with van der Waals surface area (Å²) in [5.74, 6) is -0.522. The quantitative estimate of drug-likeness (QED) is 0.456. The zero-order valence-corrected chi connectivity index (χ0v) is 7.71. The van der Waals surface area contributed by atoms with Crippen molar-refractivity contribution < 1.29 is 14.6 Å². The highest BCUT2D eigenvalue weighted by molar-refractivity contribution is 5.65. The predicted molar refractivity (Wildman–Crippen MR) is 44.4 cm³/mol. The fraction of sp³-hybridized carbons (Fsp3) is 0.875. The van der Waals surface area contributed by atoms with Crippen LogP contribution in [0.4, 0.5) is 0 Å². The maximum absolute atomic E-state index is 10.7. The molecule has 0 radical (unpaired) electrons. The molecule has 70 valence electrons. The van der Waals surface area contributed by atoms with Crippen molar-refractivity contribution >= 4 is 5.91 Å². The second-order valence-corrected chi connectivity index (χ2v) is 2.54. The maximum Gasteiger partial charge on any atom is 0.490 e. The molecule has 0 bridgehead atoms. The van der Waals surface area contributed by atoms with E-state index in [-0.39, 0.29) is 11.3 Å². The van der Waals surface area contributed by atoms with E-state index >= 15 is 0 Å². The van der Waals surface area contributed by atoms with Crippen molar-refractivity contribution in [1.82, 2.24) is 0 Å². The SMILES string of the molecule is CCCCCO[N+](=O)C(=O)CC. The van der Waals surface area contributed by atoms with E-state index in [2.05, 4.69) is 11.8 Å². The predicted octanol–water partition coefficient (Wildman–Crippen LogP) is 1.82. The molecule has 0 fully saturated rings. The number of carbonyl (C=O) groups excluding carboxylic acids is 1. The number of amides is 1. The summed E-state index contributed by atoms with van der Waals surface area (Å²) in [7, 11) is 0. The fourth-order valence-electron chi connectivity index (χ4n) is 0.701. The largest absolute Gasteiger partial charge is 0.490 e. The first-order chi connectivity index (χ1) is 5.72. The van der Waals surface area contributed by atoms with E-state index in [4.69, 9.17) is 0 Å². The number of hydrogen-bond donors (Lipinski definition) is 0.